The lowest BCUT2D eigenvalue weighted by Crippen LogP contribution is -2.33. The molecule has 0 bridgehead atoms. The molecule has 2 rings (SSSR count). The Labute approximate surface area is 82.1 Å². The summed E-state index contributed by atoms with van der Waals surface area (Å²) in [6.45, 7) is 0. The summed E-state index contributed by atoms with van der Waals surface area (Å²) in [6.07, 6.45) is 0.905. The number of primary amides is 1. The fourth-order valence-corrected chi connectivity index (χ4v) is 1.31. The van der Waals surface area contributed by atoms with Crippen LogP contribution in [0.15, 0.2) is 30.3 Å². The summed E-state index contributed by atoms with van der Waals surface area (Å²) in [5.41, 5.74) is 4.98. The monoisotopic (exact) mass is 192 g/mol. The number of ether oxygens (including phenoxy) is 1. The second-order valence-electron chi connectivity index (χ2n) is 3.32. The lowest BCUT2D eigenvalue weighted by Gasteiger charge is -2.04. The zero-order chi connectivity index (χ0) is 9.97. The van der Waals surface area contributed by atoms with Crippen LogP contribution in [0.1, 0.15) is 6.42 Å². The highest BCUT2D eigenvalue weighted by Crippen LogP contribution is 2.27. The van der Waals surface area contributed by atoms with Gasteiger partial charge in [-0.05, 0) is 12.1 Å². The molecule has 0 aromatic heterocycles. The van der Waals surface area contributed by atoms with Crippen molar-refractivity contribution in [3.8, 4) is 5.75 Å². The highest BCUT2D eigenvalue weighted by molar-refractivity contribution is 5.72. The Balaban J connectivity index is 1.82. The minimum Gasteiger partial charge on any atom is -0.488 e. The van der Waals surface area contributed by atoms with Crippen molar-refractivity contribution < 1.29 is 9.53 Å². The summed E-state index contributed by atoms with van der Waals surface area (Å²) in [5.74, 6) is 0.825. The average molecular weight is 192 g/mol. The van der Waals surface area contributed by atoms with Crippen LogP contribution in [0.25, 0.3) is 0 Å². The van der Waals surface area contributed by atoms with Crippen LogP contribution in [0, 0.1) is 0 Å². The largest absolute Gasteiger partial charge is 0.488 e. The number of nitrogens with one attached hydrogen (secondary N) is 1. The maximum Gasteiger partial charge on any atom is 0.312 e. The van der Waals surface area contributed by atoms with E-state index >= 15 is 0 Å². The van der Waals surface area contributed by atoms with Gasteiger partial charge in [0.05, 0.1) is 6.04 Å². The van der Waals surface area contributed by atoms with Gasteiger partial charge in [-0.3, -0.25) is 0 Å². The number of carbonyl (C=O) groups is 1. The van der Waals surface area contributed by atoms with Gasteiger partial charge in [0, 0.05) is 6.42 Å². The van der Waals surface area contributed by atoms with E-state index < -0.39 is 6.03 Å². The van der Waals surface area contributed by atoms with Crippen LogP contribution >= 0.6 is 0 Å². The van der Waals surface area contributed by atoms with Crippen molar-refractivity contribution in [2.24, 2.45) is 5.73 Å². The van der Waals surface area contributed by atoms with Crippen LogP contribution in [0.3, 0.4) is 0 Å². The van der Waals surface area contributed by atoms with Crippen molar-refractivity contribution in [3.05, 3.63) is 30.3 Å². The first-order chi connectivity index (χ1) is 6.75. The number of hydrogen-bond acceptors (Lipinski definition) is 2. The molecule has 0 saturated heterocycles. The SMILES string of the molecule is NC(=O)N[C@@H]1C[C@H]1Oc1ccccc1. The summed E-state index contributed by atoms with van der Waals surface area (Å²) in [4.78, 5) is 10.5. The zero-order valence-corrected chi connectivity index (χ0v) is 7.64. The molecule has 1 aromatic rings. The minimum absolute atomic E-state index is 0.0740. The Kier molecular flexibility index (Phi) is 2.26. The molecular weight excluding hydrogens is 180 g/mol. The smallest absolute Gasteiger partial charge is 0.312 e. The molecule has 1 aromatic carbocycles. The standard InChI is InChI=1S/C10H12N2O2/c11-10(13)12-8-6-9(8)14-7-4-2-1-3-5-7/h1-5,8-9H,6H2,(H3,11,12,13)/t8-,9-/m1/s1. The molecular formula is C10H12N2O2. The topological polar surface area (TPSA) is 64.4 Å². The lowest BCUT2D eigenvalue weighted by molar-refractivity contribution is 0.243. The Hall–Kier alpha value is -1.71. The molecule has 0 unspecified atom stereocenters. The summed E-state index contributed by atoms with van der Waals surface area (Å²) < 4.78 is 5.57. The van der Waals surface area contributed by atoms with Gasteiger partial charge >= 0.3 is 6.03 Å². The number of carbonyl (C=O) groups excluding carboxylic acids is 1. The Morgan fingerprint density at radius 3 is 2.79 bits per heavy atom. The molecule has 14 heavy (non-hydrogen) atoms. The Morgan fingerprint density at radius 2 is 2.14 bits per heavy atom. The van der Waals surface area contributed by atoms with E-state index in [1.807, 2.05) is 30.3 Å². The van der Waals surface area contributed by atoms with Gasteiger partial charge in [0.15, 0.2) is 0 Å². The highest BCUT2D eigenvalue weighted by atomic mass is 16.5. The zero-order valence-electron chi connectivity index (χ0n) is 7.64. The highest BCUT2D eigenvalue weighted by Gasteiger charge is 2.40. The van der Waals surface area contributed by atoms with Gasteiger partial charge in [-0.1, -0.05) is 18.2 Å². The Bertz CT molecular complexity index is 326. The first-order valence-electron chi connectivity index (χ1n) is 4.53. The number of benzene rings is 1. The van der Waals surface area contributed by atoms with Crippen LogP contribution in [0.5, 0.6) is 5.75 Å². The van der Waals surface area contributed by atoms with E-state index in [0.29, 0.717) is 0 Å². The molecule has 0 radical (unpaired) electrons. The van der Waals surface area contributed by atoms with E-state index in [0.717, 1.165) is 12.2 Å². The molecule has 1 aliphatic carbocycles. The third kappa shape index (κ3) is 2.16. The molecule has 4 heteroatoms. The van der Waals surface area contributed by atoms with E-state index in [4.69, 9.17) is 10.5 Å². The van der Waals surface area contributed by atoms with Gasteiger partial charge in [0.1, 0.15) is 11.9 Å². The van der Waals surface area contributed by atoms with Crippen molar-refractivity contribution in [1.82, 2.24) is 5.32 Å². The molecule has 4 nitrogen and oxygen atoms in total. The molecule has 74 valence electrons. The van der Waals surface area contributed by atoms with Crippen LogP contribution in [0.4, 0.5) is 4.79 Å². The quantitative estimate of drug-likeness (QED) is 0.746. The second kappa shape index (κ2) is 3.57. The molecule has 1 aliphatic rings. The van der Waals surface area contributed by atoms with Crippen LogP contribution in [-0.2, 0) is 0 Å². The first-order valence-corrected chi connectivity index (χ1v) is 4.53. The molecule has 0 heterocycles. The van der Waals surface area contributed by atoms with Crippen LogP contribution in [-0.4, -0.2) is 18.2 Å². The lowest BCUT2D eigenvalue weighted by atomic mass is 10.3. The number of rotatable bonds is 3. The molecule has 1 saturated carbocycles. The van der Waals surface area contributed by atoms with E-state index in [2.05, 4.69) is 5.32 Å². The molecule has 1 fully saturated rings. The van der Waals surface area contributed by atoms with Crippen molar-refractivity contribution in [2.75, 3.05) is 0 Å². The number of hydrogen-bond donors (Lipinski definition) is 2. The number of para-hydroxylation sites is 1. The fraction of sp³-hybridized carbons (Fsp3) is 0.300. The molecule has 2 amide bonds. The summed E-state index contributed by atoms with van der Waals surface area (Å²) in [6, 6.07) is 9.11. The van der Waals surface area contributed by atoms with E-state index in [1.165, 1.54) is 0 Å². The van der Waals surface area contributed by atoms with E-state index in [-0.39, 0.29) is 12.1 Å². The van der Waals surface area contributed by atoms with Crippen molar-refractivity contribution in [1.29, 1.82) is 0 Å². The third-order valence-corrected chi connectivity index (χ3v) is 2.09. The molecule has 0 spiro atoms. The molecule has 2 atom stereocenters. The Morgan fingerprint density at radius 1 is 1.43 bits per heavy atom. The first kappa shape index (κ1) is 8.87. The average Bonchev–Trinajstić information content (AvgIpc) is 2.84. The summed E-state index contributed by atoms with van der Waals surface area (Å²) in [5, 5.41) is 2.60. The molecule has 3 N–H and O–H groups in total. The van der Waals surface area contributed by atoms with Crippen molar-refractivity contribution in [3.63, 3.8) is 0 Å². The van der Waals surface area contributed by atoms with Crippen molar-refractivity contribution >= 4 is 6.03 Å². The molecule has 0 aliphatic heterocycles. The van der Waals surface area contributed by atoms with E-state index in [9.17, 15) is 4.79 Å². The van der Waals surface area contributed by atoms with Crippen molar-refractivity contribution in [2.45, 2.75) is 18.6 Å². The van der Waals surface area contributed by atoms with Crippen LogP contribution in [0.2, 0.25) is 0 Å². The van der Waals surface area contributed by atoms with Gasteiger partial charge < -0.3 is 15.8 Å². The summed E-state index contributed by atoms with van der Waals surface area (Å²) >= 11 is 0. The number of nitrogens with two attached hydrogens (primary N) is 1. The predicted molar refractivity (Wildman–Crippen MR) is 52.0 cm³/mol. The van der Waals surface area contributed by atoms with Gasteiger partial charge in [0.25, 0.3) is 0 Å². The summed E-state index contributed by atoms with van der Waals surface area (Å²) in [7, 11) is 0. The predicted octanol–water partition coefficient (Wildman–Crippen LogP) is 0.875. The maximum atomic E-state index is 10.5. The van der Waals surface area contributed by atoms with Gasteiger partial charge in [-0.2, -0.15) is 0 Å². The fourth-order valence-electron chi connectivity index (χ4n) is 1.31. The van der Waals surface area contributed by atoms with Gasteiger partial charge in [-0.25, -0.2) is 4.79 Å². The number of urea groups is 1. The van der Waals surface area contributed by atoms with Crippen LogP contribution < -0.4 is 15.8 Å². The maximum absolute atomic E-state index is 10.5. The number of amides is 2. The minimum atomic E-state index is -0.492. The van der Waals surface area contributed by atoms with Gasteiger partial charge in [-0.15, -0.1) is 0 Å². The second-order valence-corrected chi connectivity index (χ2v) is 3.32. The van der Waals surface area contributed by atoms with Gasteiger partial charge in [0.2, 0.25) is 0 Å². The third-order valence-electron chi connectivity index (χ3n) is 2.09. The van der Waals surface area contributed by atoms with E-state index in [1.54, 1.807) is 0 Å². The normalized spacial score (nSPS) is 24.0.